The first kappa shape index (κ1) is 10.8. The minimum atomic E-state index is -0.136. The largest absolute Gasteiger partial charge is 0.330 e. The lowest BCUT2D eigenvalue weighted by atomic mass is 10.3. The van der Waals surface area contributed by atoms with Crippen molar-refractivity contribution in [2.24, 2.45) is 7.05 Å². The number of halogens is 1. The second-order valence-corrected chi connectivity index (χ2v) is 3.59. The number of carbonyl (C=O) groups excluding carboxylic acids is 1. The molecule has 1 aromatic rings. The van der Waals surface area contributed by atoms with E-state index in [0.29, 0.717) is 16.7 Å². The van der Waals surface area contributed by atoms with Crippen LogP contribution in [0.25, 0.3) is 0 Å². The molecular weight excluding hydrogens is 246 g/mol. The van der Waals surface area contributed by atoms with Gasteiger partial charge in [-0.05, 0) is 15.9 Å². The second-order valence-electron chi connectivity index (χ2n) is 2.84. The van der Waals surface area contributed by atoms with E-state index >= 15 is 0 Å². The van der Waals surface area contributed by atoms with Gasteiger partial charge in [0.05, 0.1) is 18.3 Å². The summed E-state index contributed by atoms with van der Waals surface area (Å²) in [6.07, 6.45) is 6.63. The summed E-state index contributed by atoms with van der Waals surface area (Å²) >= 11 is 3.27. The first-order valence-corrected chi connectivity index (χ1v) is 4.73. The van der Waals surface area contributed by atoms with Crippen LogP contribution in [0.2, 0.25) is 0 Å². The second kappa shape index (κ2) is 4.29. The molecule has 0 N–H and O–H groups in total. The molecule has 0 radical (unpaired) electrons. The van der Waals surface area contributed by atoms with Crippen molar-refractivity contribution in [3.63, 3.8) is 0 Å². The molecule has 0 fully saturated rings. The van der Waals surface area contributed by atoms with Crippen molar-refractivity contribution in [3.8, 4) is 12.3 Å². The van der Waals surface area contributed by atoms with Gasteiger partial charge in [-0.2, -0.15) is 5.10 Å². The molecular formula is C9H10BrN3O. The topological polar surface area (TPSA) is 38.1 Å². The van der Waals surface area contributed by atoms with Crippen LogP contribution in [-0.4, -0.2) is 34.2 Å². The fraction of sp³-hybridized carbons (Fsp3) is 0.333. The van der Waals surface area contributed by atoms with E-state index in [1.165, 1.54) is 11.1 Å². The molecule has 0 saturated carbocycles. The Balaban J connectivity index is 2.91. The van der Waals surface area contributed by atoms with E-state index in [0.717, 1.165) is 0 Å². The Morgan fingerprint density at radius 1 is 1.86 bits per heavy atom. The van der Waals surface area contributed by atoms with Gasteiger partial charge in [-0.3, -0.25) is 9.48 Å². The van der Waals surface area contributed by atoms with Crippen LogP contribution >= 0.6 is 15.9 Å². The summed E-state index contributed by atoms with van der Waals surface area (Å²) in [5.74, 6) is 2.27. The standard InChI is InChI=1S/C9H10BrN3O/c1-4-5-12(2)9(14)7-6-11-13(3)8(7)10/h1,6H,5H2,2-3H3. The lowest BCUT2D eigenvalue weighted by Crippen LogP contribution is -2.26. The van der Waals surface area contributed by atoms with Crippen LogP contribution in [0, 0.1) is 12.3 Å². The summed E-state index contributed by atoms with van der Waals surface area (Å²) in [6.45, 7) is 0.292. The number of aromatic nitrogens is 2. The van der Waals surface area contributed by atoms with Gasteiger partial charge in [0.25, 0.3) is 5.91 Å². The molecule has 0 atom stereocenters. The van der Waals surface area contributed by atoms with Crippen LogP contribution < -0.4 is 0 Å². The first-order chi connectivity index (χ1) is 6.57. The molecule has 0 saturated heterocycles. The van der Waals surface area contributed by atoms with Crippen molar-refractivity contribution in [2.75, 3.05) is 13.6 Å². The van der Waals surface area contributed by atoms with E-state index < -0.39 is 0 Å². The maximum atomic E-state index is 11.7. The van der Waals surface area contributed by atoms with Crippen molar-refractivity contribution in [1.82, 2.24) is 14.7 Å². The van der Waals surface area contributed by atoms with E-state index in [4.69, 9.17) is 6.42 Å². The normalized spacial score (nSPS) is 9.57. The van der Waals surface area contributed by atoms with Gasteiger partial charge in [-0.25, -0.2) is 0 Å². The third-order valence-electron chi connectivity index (χ3n) is 1.77. The molecule has 4 nitrogen and oxygen atoms in total. The van der Waals surface area contributed by atoms with Crippen molar-refractivity contribution < 1.29 is 4.79 Å². The van der Waals surface area contributed by atoms with Crippen LogP contribution in [0.15, 0.2) is 10.8 Å². The molecule has 74 valence electrons. The summed E-state index contributed by atoms with van der Waals surface area (Å²) < 4.78 is 2.24. The van der Waals surface area contributed by atoms with E-state index in [2.05, 4.69) is 26.9 Å². The molecule has 0 aliphatic heterocycles. The molecule has 14 heavy (non-hydrogen) atoms. The Labute approximate surface area is 91.0 Å². The lowest BCUT2D eigenvalue weighted by molar-refractivity contribution is 0.0811. The van der Waals surface area contributed by atoms with Crippen molar-refractivity contribution >= 4 is 21.8 Å². The summed E-state index contributed by atoms with van der Waals surface area (Å²) in [4.78, 5) is 13.2. The Kier molecular flexibility index (Phi) is 3.31. The predicted molar refractivity (Wildman–Crippen MR) is 56.7 cm³/mol. The van der Waals surface area contributed by atoms with E-state index in [-0.39, 0.29) is 5.91 Å². The van der Waals surface area contributed by atoms with Crippen molar-refractivity contribution in [2.45, 2.75) is 0 Å². The molecule has 5 heteroatoms. The van der Waals surface area contributed by atoms with Gasteiger partial charge in [0.2, 0.25) is 0 Å². The highest BCUT2D eigenvalue weighted by atomic mass is 79.9. The average molecular weight is 256 g/mol. The molecule has 1 rings (SSSR count). The molecule has 0 spiro atoms. The zero-order valence-electron chi connectivity index (χ0n) is 7.99. The highest BCUT2D eigenvalue weighted by Gasteiger charge is 2.16. The maximum Gasteiger partial charge on any atom is 0.258 e. The molecule has 0 aliphatic rings. The maximum absolute atomic E-state index is 11.7. The predicted octanol–water partition coefficient (Wildman–Crippen LogP) is 0.888. The number of hydrogen-bond acceptors (Lipinski definition) is 2. The molecule has 0 unspecified atom stereocenters. The van der Waals surface area contributed by atoms with Crippen LogP contribution in [0.3, 0.4) is 0 Å². The van der Waals surface area contributed by atoms with E-state index in [1.54, 1.807) is 18.8 Å². The third-order valence-corrected chi connectivity index (χ3v) is 2.71. The average Bonchev–Trinajstić information content (AvgIpc) is 2.47. The monoisotopic (exact) mass is 255 g/mol. The Morgan fingerprint density at radius 2 is 2.50 bits per heavy atom. The zero-order chi connectivity index (χ0) is 10.7. The van der Waals surface area contributed by atoms with Gasteiger partial charge in [-0.1, -0.05) is 5.92 Å². The van der Waals surface area contributed by atoms with Gasteiger partial charge < -0.3 is 4.90 Å². The van der Waals surface area contributed by atoms with Gasteiger partial charge in [0, 0.05) is 14.1 Å². The number of terminal acetylenes is 1. The molecule has 0 aromatic carbocycles. The summed E-state index contributed by atoms with van der Waals surface area (Å²) in [6, 6.07) is 0. The summed E-state index contributed by atoms with van der Waals surface area (Å²) in [5, 5.41) is 3.95. The Hall–Kier alpha value is -1.28. The van der Waals surface area contributed by atoms with E-state index in [9.17, 15) is 4.79 Å². The number of hydrogen-bond donors (Lipinski definition) is 0. The molecule has 1 amide bonds. The number of rotatable bonds is 2. The number of nitrogens with zero attached hydrogens (tertiary/aromatic N) is 3. The van der Waals surface area contributed by atoms with Crippen molar-refractivity contribution in [1.29, 1.82) is 0 Å². The Morgan fingerprint density at radius 3 is 2.93 bits per heavy atom. The summed E-state index contributed by atoms with van der Waals surface area (Å²) in [7, 11) is 3.41. The third kappa shape index (κ3) is 1.96. The lowest BCUT2D eigenvalue weighted by Gasteiger charge is -2.12. The van der Waals surface area contributed by atoms with Crippen LogP contribution in [0.1, 0.15) is 10.4 Å². The fourth-order valence-electron chi connectivity index (χ4n) is 0.980. The number of amides is 1. The highest BCUT2D eigenvalue weighted by Crippen LogP contribution is 2.16. The SMILES string of the molecule is C#CCN(C)C(=O)c1cnn(C)c1Br. The molecule has 1 heterocycles. The van der Waals surface area contributed by atoms with E-state index in [1.807, 2.05) is 0 Å². The van der Waals surface area contributed by atoms with Crippen molar-refractivity contribution in [3.05, 3.63) is 16.4 Å². The van der Waals surface area contributed by atoms with Crippen LogP contribution in [0.5, 0.6) is 0 Å². The van der Waals surface area contributed by atoms with Gasteiger partial charge >= 0.3 is 0 Å². The first-order valence-electron chi connectivity index (χ1n) is 3.94. The van der Waals surface area contributed by atoms with Gasteiger partial charge in [0.15, 0.2) is 0 Å². The number of carbonyl (C=O) groups is 1. The van der Waals surface area contributed by atoms with Gasteiger partial charge in [-0.15, -0.1) is 6.42 Å². The smallest absolute Gasteiger partial charge is 0.258 e. The molecule has 0 aliphatic carbocycles. The minimum Gasteiger partial charge on any atom is -0.330 e. The molecule has 1 aromatic heterocycles. The zero-order valence-corrected chi connectivity index (χ0v) is 9.58. The van der Waals surface area contributed by atoms with Crippen LogP contribution in [0.4, 0.5) is 0 Å². The Bertz CT molecular complexity index is 391. The fourth-order valence-corrected chi connectivity index (χ4v) is 1.34. The minimum absolute atomic E-state index is 0.136. The quantitative estimate of drug-likeness (QED) is 0.737. The summed E-state index contributed by atoms with van der Waals surface area (Å²) in [5.41, 5.74) is 0.519. The highest BCUT2D eigenvalue weighted by molar-refractivity contribution is 9.10. The van der Waals surface area contributed by atoms with Gasteiger partial charge in [0.1, 0.15) is 4.60 Å². The molecule has 0 bridgehead atoms. The number of aryl methyl sites for hydroxylation is 1. The van der Waals surface area contributed by atoms with Crippen LogP contribution in [-0.2, 0) is 7.05 Å².